The van der Waals surface area contributed by atoms with Gasteiger partial charge < -0.3 is 5.73 Å². The molecule has 0 fully saturated rings. The van der Waals surface area contributed by atoms with Crippen molar-refractivity contribution in [2.24, 2.45) is 5.73 Å². The van der Waals surface area contributed by atoms with Gasteiger partial charge in [-0.05, 0) is 24.8 Å². The summed E-state index contributed by atoms with van der Waals surface area (Å²) in [5, 5.41) is 0. The lowest BCUT2D eigenvalue weighted by molar-refractivity contribution is 0.359. The number of unbranched alkanes of at least 4 members (excludes halogenated alkanes) is 6. The van der Waals surface area contributed by atoms with E-state index in [1.54, 1.807) is 0 Å². The van der Waals surface area contributed by atoms with Crippen molar-refractivity contribution in [2.45, 2.75) is 83.6 Å². The molecule has 1 atom stereocenters. The highest BCUT2D eigenvalue weighted by Gasteiger charge is 2.22. The van der Waals surface area contributed by atoms with E-state index in [4.69, 9.17) is 5.73 Å². The molecular weight excluding hydrogens is 242 g/mol. The summed E-state index contributed by atoms with van der Waals surface area (Å²) in [6, 6.07) is 10.7. The third-order valence-electron chi connectivity index (χ3n) is 4.38. The highest BCUT2D eigenvalue weighted by molar-refractivity contribution is 5.17. The summed E-state index contributed by atoms with van der Waals surface area (Å²) in [5.74, 6) is 0. The second kappa shape index (κ2) is 9.99. The van der Waals surface area contributed by atoms with Crippen LogP contribution in [0.1, 0.15) is 77.2 Å². The van der Waals surface area contributed by atoms with E-state index in [9.17, 15) is 0 Å². The highest BCUT2D eigenvalue weighted by atomic mass is 14.7. The van der Waals surface area contributed by atoms with E-state index in [0.717, 1.165) is 19.3 Å². The molecule has 20 heavy (non-hydrogen) atoms. The second-order valence-corrected chi connectivity index (χ2v) is 6.25. The molecular formula is C19H33N. The largest absolute Gasteiger partial charge is 0.325 e. The summed E-state index contributed by atoms with van der Waals surface area (Å²) >= 11 is 0. The van der Waals surface area contributed by atoms with Crippen LogP contribution in [0.15, 0.2) is 30.3 Å². The van der Waals surface area contributed by atoms with E-state index in [1.807, 2.05) is 0 Å². The molecule has 0 spiro atoms. The summed E-state index contributed by atoms with van der Waals surface area (Å²) in [4.78, 5) is 0. The van der Waals surface area contributed by atoms with Crippen molar-refractivity contribution in [3.05, 3.63) is 35.9 Å². The van der Waals surface area contributed by atoms with E-state index in [-0.39, 0.29) is 5.54 Å². The van der Waals surface area contributed by atoms with Crippen LogP contribution >= 0.6 is 0 Å². The smallest absolute Gasteiger partial charge is 0.0192 e. The second-order valence-electron chi connectivity index (χ2n) is 6.25. The van der Waals surface area contributed by atoms with Crippen molar-refractivity contribution >= 4 is 0 Å². The molecule has 114 valence electrons. The van der Waals surface area contributed by atoms with E-state index < -0.39 is 0 Å². The fourth-order valence-electron chi connectivity index (χ4n) is 2.83. The van der Waals surface area contributed by atoms with Crippen molar-refractivity contribution in [2.75, 3.05) is 0 Å². The molecule has 0 amide bonds. The summed E-state index contributed by atoms with van der Waals surface area (Å²) in [6.07, 6.45) is 12.8. The van der Waals surface area contributed by atoms with Gasteiger partial charge in [0.2, 0.25) is 0 Å². The summed E-state index contributed by atoms with van der Waals surface area (Å²) < 4.78 is 0. The third kappa shape index (κ3) is 7.09. The first-order valence-corrected chi connectivity index (χ1v) is 8.53. The Hall–Kier alpha value is -0.820. The van der Waals surface area contributed by atoms with Crippen molar-refractivity contribution in [3.63, 3.8) is 0 Å². The maximum absolute atomic E-state index is 6.59. The summed E-state index contributed by atoms with van der Waals surface area (Å²) in [6.45, 7) is 4.50. The quantitative estimate of drug-likeness (QED) is 0.532. The molecule has 0 aliphatic heterocycles. The first-order valence-electron chi connectivity index (χ1n) is 8.53. The molecule has 1 unspecified atom stereocenters. The maximum atomic E-state index is 6.59. The van der Waals surface area contributed by atoms with Crippen molar-refractivity contribution < 1.29 is 0 Å². The van der Waals surface area contributed by atoms with Gasteiger partial charge in [-0.25, -0.2) is 0 Å². The first-order chi connectivity index (χ1) is 9.70. The van der Waals surface area contributed by atoms with Crippen LogP contribution in [0.3, 0.4) is 0 Å². The number of hydrogen-bond acceptors (Lipinski definition) is 1. The predicted octanol–water partition coefficient (Wildman–Crippen LogP) is 5.48. The Morgan fingerprint density at radius 2 is 1.45 bits per heavy atom. The Labute approximate surface area is 126 Å². The first kappa shape index (κ1) is 17.2. The number of nitrogens with two attached hydrogens (primary N) is 1. The van der Waals surface area contributed by atoms with E-state index in [2.05, 4.69) is 44.2 Å². The van der Waals surface area contributed by atoms with Gasteiger partial charge in [0, 0.05) is 5.54 Å². The average Bonchev–Trinajstić information content (AvgIpc) is 2.47. The van der Waals surface area contributed by atoms with E-state index in [1.165, 1.54) is 50.5 Å². The van der Waals surface area contributed by atoms with Gasteiger partial charge in [0.15, 0.2) is 0 Å². The Bertz CT molecular complexity index is 333. The molecule has 0 bridgehead atoms. The molecule has 1 rings (SSSR count). The van der Waals surface area contributed by atoms with E-state index >= 15 is 0 Å². The van der Waals surface area contributed by atoms with Gasteiger partial charge in [0.05, 0.1) is 0 Å². The van der Waals surface area contributed by atoms with Crippen LogP contribution in [0, 0.1) is 0 Å². The van der Waals surface area contributed by atoms with Crippen LogP contribution in [0.4, 0.5) is 0 Å². The molecule has 0 radical (unpaired) electrons. The zero-order chi connectivity index (χ0) is 14.7. The number of benzene rings is 1. The molecule has 0 aromatic heterocycles. The lowest BCUT2D eigenvalue weighted by Gasteiger charge is -2.28. The van der Waals surface area contributed by atoms with Gasteiger partial charge in [-0.15, -0.1) is 0 Å². The molecule has 0 saturated carbocycles. The van der Waals surface area contributed by atoms with Crippen LogP contribution in [-0.4, -0.2) is 5.54 Å². The van der Waals surface area contributed by atoms with Gasteiger partial charge in [-0.2, -0.15) is 0 Å². The Morgan fingerprint density at radius 1 is 0.850 bits per heavy atom. The Kier molecular flexibility index (Phi) is 8.60. The van der Waals surface area contributed by atoms with Crippen molar-refractivity contribution in [1.82, 2.24) is 0 Å². The Balaban J connectivity index is 2.24. The van der Waals surface area contributed by atoms with Crippen LogP contribution in [0.5, 0.6) is 0 Å². The van der Waals surface area contributed by atoms with Gasteiger partial charge in [0.1, 0.15) is 0 Å². The fraction of sp³-hybridized carbons (Fsp3) is 0.684. The summed E-state index contributed by atoms with van der Waals surface area (Å²) in [7, 11) is 0. The molecule has 1 aromatic rings. The minimum Gasteiger partial charge on any atom is -0.325 e. The highest BCUT2D eigenvalue weighted by Crippen LogP contribution is 2.22. The summed E-state index contributed by atoms with van der Waals surface area (Å²) in [5.41, 5.74) is 7.96. The van der Waals surface area contributed by atoms with Crippen LogP contribution < -0.4 is 5.73 Å². The van der Waals surface area contributed by atoms with Crippen LogP contribution in [0.25, 0.3) is 0 Å². The standard InChI is InChI=1S/C19H33N/c1-3-5-6-7-8-9-13-16-19(20,4-2)17-18-14-11-10-12-15-18/h10-12,14-15H,3-9,13,16-17,20H2,1-2H3. The minimum atomic E-state index is -0.00915. The maximum Gasteiger partial charge on any atom is 0.0192 e. The fourth-order valence-corrected chi connectivity index (χ4v) is 2.83. The number of hydrogen-bond donors (Lipinski definition) is 1. The topological polar surface area (TPSA) is 26.0 Å². The normalized spacial score (nSPS) is 14.2. The SMILES string of the molecule is CCCCCCCCCC(N)(CC)Cc1ccccc1. The van der Waals surface area contributed by atoms with Gasteiger partial charge in [0.25, 0.3) is 0 Å². The van der Waals surface area contributed by atoms with Gasteiger partial charge in [-0.3, -0.25) is 0 Å². The minimum absolute atomic E-state index is 0.00915. The zero-order valence-corrected chi connectivity index (χ0v) is 13.5. The predicted molar refractivity (Wildman–Crippen MR) is 90.0 cm³/mol. The van der Waals surface area contributed by atoms with Crippen molar-refractivity contribution in [3.8, 4) is 0 Å². The molecule has 0 aliphatic carbocycles. The zero-order valence-electron chi connectivity index (χ0n) is 13.5. The number of rotatable bonds is 11. The van der Waals surface area contributed by atoms with E-state index in [0.29, 0.717) is 0 Å². The molecule has 0 heterocycles. The van der Waals surface area contributed by atoms with Crippen molar-refractivity contribution in [1.29, 1.82) is 0 Å². The molecule has 0 aliphatic rings. The third-order valence-corrected chi connectivity index (χ3v) is 4.38. The lowest BCUT2D eigenvalue weighted by atomic mass is 9.84. The molecule has 1 heteroatoms. The average molecular weight is 275 g/mol. The monoisotopic (exact) mass is 275 g/mol. The Morgan fingerprint density at radius 3 is 2.05 bits per heavy atom. The molecule has 1 aromatic carbocycles. The molecule has 0 saturated heterocycles. The van der Waals surface area contributed by atoms with Crippen LogP contribution in [0.2, 0.25) is 0 Å². The lowest BCUT2D eigenvalue weighted by Crippen LogP contribution is -2.41. The van der Waals surface area contributed by atoms with Gasteiger partial charge in [-0.1, -0.05) is 89.1 Å². The van der Waals surface area contributed by atoms with Gasteiger partial charge >= 0.3 is 0 Å². The van der Waals surface area contributed by atoms with Crippen LogP contribution in [-0.2, 0) is 6.42 Å². The molecule has 2 N–H and O–H groups in total. The molecule has 1 nitrogen and oxygen atoms in total.